The van der Waals surface area contributed by atoms with Crippen LogP contribution in [0, 0.1) is 0 Å². The average molecular weight is 219 g/mol. The number of hydrogen-bond donors (Lipinski definition) is 0. The molecule has 1 aromatic carbocycles. The van der Waals surface area contributed by atoms with Crippen LogP contribution in [0.5, 0.6) is 0 Å². The van der Waals surface area contributed by atoms with Crippen molar-refractivity contribution in [2.24, 2.45) is 0 Å². The summed E-state index contributed by atoms with van der Waals surface area (Å²) in [6, 6.07) is 10.6. The highest BCUT2D eigenvalue weighted by Gasteiger charge is 2.33. The Morgan fingerprint density at radius 1 is 1.00 bits per heavy atom. The van der Waals surface area contributed by atoms with Gasteiger partial charge in [-0.05, 0) is 25.0 Å². The third-order valence-electron chi connectivity index (χ3n) is 3.16. The molecule has 2 bridgehead atoms. The van der Waals surface area contributed by atoms with Crippen molar-refractivity contribution in [3.8, 4) is 0 Å². The molecular formula is C14H21NO. The zero-order valence-corrected chi connectivity index (χ0v) is 10.2. The van der Waals surface area contributed by atoms with Crippen LogP contribution in [0.15, 0.2) is 30.3 Å². The van der Waals surface area contributed by atoms with Crippen molar-refractivity contribution in [2.45, 2.75) is 38.9 Å². The maximum Gasteiger partial charge on any atom is 0.0755 e. The molecule has 0 amide bonds. The Balaban J connectivity index is 0.000000457. The van der Waals surface area contributed by atoms with E-state index in [9.17, 15) is 0 Å². The molecule has 2 heteroatoms. The van der Waals surface area contributed by atoms with Gasteiger partial charge < -0.3 is 9.64 Å². The third kappa shape index (κ3) is 2.38. The molecule has 0 aromatic heterocycles. The molecule has 2 fully saturated rings. The van der Waals surface area contributed by atoms with E-state index < -0.39 is 0 Å². The first-order valence-corrected chi connectivity index (χ1v) is 6.37. The van der Waals surface area contributed by atoms with Gasteiger partial charge in [-0.15, -0.1) is 0 Å². The number of rotatable bonds is 1. The number of benzene rings is 1. The summed E-state index contributed by atoms with van der Waals surface area (Å²) in [5.41, 5.74) is 1.34. The molecule has 0 saturated carbocycles. The Hall–Kier alpha value is -1.02. The average Bonchev–Trinajstić information content (AvgIpc) is 2.72. The van der Waals surface area contributed by atoms with Crippen molar-refractivity contribution in [2.75, 3.05) is 18.0 Å². The van der Waals surface area contributed by atoms with Crippen molar-refractivity contribution in [3.05, 3.63) is 30.3 Å². The van der Waals surface area contributed by atoms with Crippen LogP contribution in [0.3, 0.4) is 0 Å². The van der Waals surface area contributed by atoms with Gasteiger partial charge in [0.1, 0.15) is 0 Å². The topological polar surface area (TPSA) is 12.5 Å². The highest BCUT2D eigenvalue weighted by molar-refractivity contribution is 5.46. The van der Waals surface area contributed by atoms with E-state index in [0.717, 1.165) is 13.1 Å². The van der Waals surface area contributed by atoms with Crippen LogP contribution in [0.4, 0.5) is 5.69 Å². The zero-order valence-electron chi connectivity index (χ0n) is 10.2. The van der Waals surface area contributed by atoms with Crippen LogP contribution in [0.1, 0.15) is 26.7 Å². The molecule has 2 atom stereocenters. The van der Waals surface area contributed by atoms with E-state index >= 15 is 0 Å². The Morgan fingerprint density at radius 3 is 2.12 bits per heavy atom. The molecule has 16 heavy (non-hydrogen) atoms. The number of fused-ring (bicyclic) bond motifs is 2. The fourth-order valence-electron chi connectivity index (χ4n) is 2.46. The predicted octanol–water partition coefficient (Wildman–Crippen LogP) is 3.08. The number of anilines is 1. The van der Waals surface area contributed by atoms with E-state index in [-0.39, 0.29) is 0 Å². The Morgan fingerprint density at radius 2 is 1.56 bits per heavy atom. The van der Waals surface area contributed by atoms with E-state index in [2.05, 4.69) is 35.2 Å². The fraction of sp³-hybridized carbons (Fsp3) is 0.571. The van der Waals surface area contributed by atoms with E-state index in [1.807, 2.05) is 13.8 Å². The Labute approximate surface area is 98.2 Å². The summed E-state index contributed by atoms with van der Waals surface area (Å²) in [6.45, 7) is 6.14. The molecule has 2 nitrogen and oxygen atoms in total. The highest BCUT2D eigenvalue weighted by Crippen LogP contribution is 2.29. The van der Waals surface area contributed by atoms with Crippen LogP contribution in [0.2, 0.25) is 0 Å². The largest absolute Gasteiger partial charge is 0.371 e. The first kappa shape index (κ1) is 11.5. The lowest BCUT2D eigenvalue weighted by atomic mass is 10.2. The van der Waals surface area contributed by atoms with Gasteiger partial charge in [0.25, 0.3) is 0 Å². The van der Waals surface area contributed by atoms with Gasteiger partial charge in [-0.2, -0.15) is 0 Å². The molecule has 2 aliphatic rings. The molecule has 0 radical (unpaired) electrons. The lowest BCUT2D eigenvalue weighted by Gasteiger charge is -2.33. The van der Waals surface area contributed by atoms with E-state index in [1.54, 1.807) is 0 Å². The quantitative estimate of drug-likeness (QED) is 0.719. The minimum Gasteiger partial charge on any atom is -0.371 e. The maximum atomic E-state index is 5.81. The number of nitrogens with zero attached hydrogens (tertiary/aromatic N) is 1. The standard InChI is InChI=1S/C12H15NO.C2H6/c1-2-4-10(5-3-1)13-8-11-6-7-12(9-13)14-11;1-2/h1-5,11-12H,6-9H2;1-2H3. The summed E-state index contributed by atoms with van der Waals surface area (Å²) in [5, 5.41) is 0. The summed E-state index contributed by atoms with van der Waals surface area (Å²) in [4.78, 5) is 2.45. The molecular weight excluding hydrogens is 198 g/mol. The van der Waals surface area contributed by atoms with Crippen molar-refractivity contribution in [1.29, 1.82) is 0 Å². The van der Waals surface area contributed by atoms with Crippen LogP contribution < -0.4 is 4.90 Å². The summed E-state index contributed by atoms with van der Waals surface area (Å²) in [5.74, 6) is 0. The highest BCUT2D eigenvalue weighted by atomic mass is 16.5. The third-order valence-corrected chi connectivity index (χ3v) is 3.16. The van der Waals surface area contributed by atoms with Crippen molar-refractivity contribution >= 4 is 5.69 Å². The first-order chi connectivity index (χ1) is 7.92. The van der Waals surface area contributed by atoms with Crippen LogP contribution >= 0.6 is 0 Å². The first-order valence-electron chi connectivity index (χ1n) is 6.37. The molecule has 2 aliphatic heterocycles. The van der Waals surface area contributed by atoms with Crippen molar-refractivity contribution in [1.82, 2.24) is 0 Å². The van der Waals surface area contributed by atoms with Crippen LogP contribution in [0.25, 0.3) is 0 Å². The Kier molecular flexibility index (Phi) is 3.83. The summed E-state index contributed by atoms with van der Waals surface area (Å²) in [7, 11) is 0. The van der Waals surface area contributed by atoms with Crippen LogP contribution in [-0.2, 0) is 4.74 Å². The minimum absolute atomic E-state index is 0.481. The Bertz CT molecular complexity index is 300. The number of hydrogen-bond acceptors (Lipinski definition) is 2. The fourth-order valence-corrected chi connectivity index (χ4v) is 2.46. The molecule has 0 spiro atoms. The molecule has 0 aliphatic carbocycles. The second-order valence-electron chi connectivity index (χ2n) is 4.20. The van der Waals surface area contributed by atoms with Gasteiger partial charge >= 0.3 is 0 Å². The van der Waals surface area contributed by atoms with E-state index in [1.165, 1.54) is 18.5 Å². The van der Waals surface area contributed by atoms with Crippen molar-refractivity contribution in [3.63, 3.8) is 0 Å². The monoisotopic (exact) mass is 219 g/mol. The molecule has 0 N–H and O–H groups in total. The van der Waals surface area contributed by atoms with Crippen molar-refractivity contribution < 1.29 is 4.74 Å². The van der Waals surface area contributed by atoms with Gasteiger partial charge in [-0.3, -0.25) is 0 Å². The summed E-state index contributed by atoms with van der Waals surface area (Å²) in [6.07, 6.45) is 3.45. The second-order valence-corrected chi connectivity index (χ2v) is 4.20. The normalized spacial score (nSPS) is 27.2. The number of para-hydroxylation sites is 1. The van der Waals surface area contributed by atoms with Gasteiger partial charge in [0.05, 0.1) is 12.2 Å². The van der Waals surface area contributed by atoms with E-state index in [0.29, 0.717) is 12.2 Å². The SMILES string of the molecule is CC.c1ccc(N2CC3CCC(C2)O3)cc1. The smallest absolute Gasteiger partial charge is 0.0755 e. The number of morpholine rings is 1. The second kappa shape index (κ2) is 5.35. The number of ether oxygens (including phenoxy) is 1. The van der Waals surface area contributed by atoms with Gasteiger partial charge in [0, 0.05) is 18.8 Å². The minimum atomic E-state index is 0.481. The van der Waals surface area contributed by atoms with Crippen LogP contribution in [-0.4, -0.2) is 25.3 Å². The molecule has 2 unspecified atom stereocenters. The van der Waals surface area contributed by atoms with Gasteiger partial charge in [-0.25, -0.2) is 0 Å². The maximum absolute atomic E-state index is 5.81. The molecule has 3 rings (SSSR count). The molecule has 1 aromatic rings. The molecule has 2 saturated heterocycles. The summed E-state index contributed by atoms with van der Waals surface area (Å²) >= 11 is 0. The van der Waals surface area contributed by atoms with E-state index in [4.69, 9.17) is 4.74 Å². The van der Waals surface area contributed by atoms with Gasteiger partial charge in [0.2, 0.25) is 0 Å². The van der Waals surface area contributed by atoms with Gasteiger partial charge in [0.15, 0.2) is 0 Å². The lowest BCUT2D eigenvalue weighted by Crippen LogP contribution is -2.42. The van der Waals surface area contributed by atoms with Gasteiger partial charge in [-0.1, -0.05) is 32.0 Å². The predicted molar refractivity (Wildman–Crippen MR) is 67.9 cm³/mol. The zero-order chi connectivity index (χ0) is 11.4. The lowest BCUT2D eigenvalue weighted by molar-refractivity contribution is 0.0305. The molecule has 2 heterocycles. The molecule has 88 valence electrons. The summed E-state index contributed by atoms with van der Waals surface area (Å²) < 4.78 is 5.81.